The Morgan fingerprint density at radius 2 is 2.06 bits per heavy atom. The Morgan fingerprint density at radius 1 is 1.27 bits per heavy atom. The van der Waals surface area contributed by atoms with Crippen molar-refractivity contribution in [1.29, 1.82) is 0 Å². The van der Waals surface area contributed by atoms with Gasteiger partial charge in [0.05, 0.1) is 21.2 Å². The Morgan fingerprint density at radius 3 is 2.76 bits per heavy atom. The summed E-state index contributed by atoms with van der Waals surface area (Å²) < 4.78 is 63.0. The summed E-state index contributed by atoms with van der Waals surface area (Å²) in [6, 6.07) is 3.86. The first-order valence-corrected chi connectivity index (χ1v) is 13.5. The van der Waals surface area contributed by atoms with Gasteiger partial charge in [-0.1, -0.05) is 29.4 Å². The number of piperidine rings is 1. The number of hydrogen-bond acceptors (Lipinski definition) is 6. The summed E-state index contributed by atoms with van der Waals surface area (Å²) in [5, 5.41) is 0. The molecule has 0 spiro atoms. The van der Waals surface area contributed by atoms with Crippen molar-refractivity contribution >= 4 is 60.4 Å². The predicted molar refractivity (Wildman–Crippen MR) is 123 cm³/mol. The van der Waals surface area contributed by atoms with E-state index in [2.05, 4.69) is 4.99 Å². The molecule has 1 atom stereocenters. The summed E-state index contributed by atoms with van der Waals surface area (Å²) in [6.07, 6.45) is 1.59. The zero-order chi connectivity index (χ0) is 23.8. The maximum absolute atomic E-state index is 14.5. The number of ether oxygens (including phenoxy) is 1. The first-order chi connectivity index (χ1) is 15.7. The minimum Gasteiger partial charge on any atom is -0.383 e. The highest BCUT2D eigenvalue weighted by molar-refractivity contribution is 7.91. The Kier molecular flexibility index (Phi) is 7.32. The monoisotopic (exact) mass is 535 g/mol. The van der Waals surface area contributed by atoms with Crippen LogP contribution >= 0.6 is 34.3 Å². The fourth-order valence-corrected chi connectivity index (χ4v) is 8.13. The Hall–Kier alpha value is -1.70. The predicted octanol–water partition coefficient (Wildman–Crippen LogP) is 4.01. The van der Waals surface area contributed by atoms with Crippen molar-refractivity contribution in [2.45, 2.75) is 36.1 Å². The average Bonchev–Trinajstić information content (AvgIpc) is 3.36. The van der Waals surface area contributed by atoms with Crippen molar-refractivity contribution in [1.82, 2.24) is 8.87 Å². The number of thiazole rings is 1. The summed E-state index contributed by atoms with van der Waals surface area (Å²) >= 11 is 7.80. The molecule has 1 saturated heterocycles. The van der Waals surface area contributed by atoms with Gasteiger partial charge in [-0.15, -0.1) is 11.3 Å². The lowest BCUT2D eigenvalue weighted by atomic mass is 10.0. The van der Waals surface area contributed by atoms with E-state index in [9.17, 15) is 22.0 Å². The summed E-state index contributed by atoms with van der Waals surface area (Å²) in [5.74, 6) is -2.17. The smallest absolute Gasteiger partial charge is 0.266 e. The highest BCUT2D eigenvalue weighted by atomic mass is 35.5. The number of fused-ring (bicyclic) bond motifs is 1. The Bertz CT molecular complexity index is 1370. The molecule has 1 amide bonds. The van der Waals surface area contributed by atoms with Crippen LogP contribution in [0.2, 0.25) is 4.34 Å². The van der Waals surface area contributed by atoms with Crippen molar-refractivity contribution in [3.8, 4) is 0 Å². The van der Waals surface area contributed by atoms with E-state index < -0.39 is 33.6 Å². The molecule has 13 heteroatoms. The number of methoxy groups -OCH3 is 1. The molecule has 1 aliphatic rings. The minimum atomic E-state index is -3.94. The fourth-order valence-electron chi connectivity index (χ4n) is 3.76. The number of hydrogen-bond donors (Lipinski definition) is 0. The number of rotatable bonds is 6. The van der Waals surface area contributed by atoms with Crippen molar-refractivity contribution in [3.05, 3.63) is 45.0 Å². The molecule has 1 unspecified atom stereocenters. The maximum atomic E-state index is 14.5. The molecule has 33 heavy (non-hydrogen) atoms. The second kappa shape index (κ2) is 9.88. The fraction of sp³-hybridized carbons (Fsp3) is 0.400. The molecular formula is C20H20ClF2N3O4S3. The molecule has 4 rings (SSSR count). The van der Waals surface area contributed by atoms with E-state index in [1.807, 2.05) is 0 Å². The van der Waals surface area contributed by atoms with Gasteiger partial charge in [0.2, 0.25) is 0 Å². The number of carbonyl (C=O) groups is 1. The van der Waals surface area contributed by atoms with E-state index in [4.69, 9.17) is 16.3 Å². The van der Waals surface area contributed by atoms with E-state index in [0.29, 0.717) is 23.6 Å². The first-order valence-electron chi connectivity index (χ1n) is 10.1. The van der Waals surface area contributed by atoms with Gasteiger partial charge in [0.15, 0.2) is 10.6 Å². The Labute approximate surface area is 201 Å². The van der Waals surface area contributed by atoms with Crippen molar-refractivity contribution < 1.29 is 26.7 Å². The molecule has 3 heterocycles. The second-order valence-corrected chi connectivity index (χ2v) is 12.2. The van der Waals surface area contributed by atoms with Crippen LogP contribution in [0.15, 0.2) is 33.5 Å². The zero-order valence-corrected chi connectivity index (χ0v) is 20.7. The number of halogens is 3. The van der Waals surface area contributed by atoms with Gasteiger partial charge in [-0.2, -0.15) is 9.30 Å². The van der Waals surface area contributed by atoms with Crippen LogP contribution in [-0.2, 0) is 26.1 Å². The summed E-state index contributed by atoms with van der Waals surface area (Å²) in [5.41, 5.74) is 0.117. The van der Waals surface area contributed by atoms with E-state index >= 15 is 0 Å². The molecular weight excluding hydrogens is 516 g/mol. The van der Waals surface area contributed by atoms with Gasteiger partial charge in [0.1, 0.15) is 16.1 Å². The largest absolute Gasteiger partial charge is 0.383 e. The van der Waals surface area contributed by atoms with Crippen LogP contribution < -0.4 is 4.80 Å². The zero-order valence-electron chi connectivity index (χ0n) is 17.5. The number of benzene rings is 1. The molecule has 0 saturated carbocycles. The highest BCUT2D eigenvalue weighted by Crippen LogP contribution is 2.32. The van der Waals surface area contributed by atoms with Crippen LogP contribution in [0, 0.1) is 11.6 Å². The number of aromatic nitrogens is 1. The molecule has 0 radical (unpaired) electrons. The third-order valence-corrected chi connectivity index (χ3v) is 9.90. The van der Waals surface area contributed by atoms with Crippen molar-refractivity contribution in [2.24, 2.45) is 4.99 Å². The number of nitrogens with zero attached hydrogens (tertiary/aromatic N) is 3. The van der Waals surface area contributed by atoms with Gasteiger partial charge in [0.25, 0.3) is 15.9 Å². The molecule has 2 aromatic heterocycles. The van der Waals surface area contributed by atoms with E-state index in [-0.39, 0.29) is 38.9 Å². The van der Waals surface area contributed by atoms with Crippen LogP contribution in [-0.4, -0.2) is 49.5 Å². The van der Waals surface area contributed by atoms with Gasteiger partial charge in [-0.05, 0) is 31.0 Å². The van der Waals surface area contributed by atoms with Crippen LogP contribution in [0.1, 0.15) is 19.3 Å². The quantitative estimate of drug-likeness (QED) is 0.477. The summed E-state index contributed by atoms with van der Waals surface area (Å²) in [4.78, 5) is 17.5. The third-order valence-electron chi connectivity index (χ3n) is 5.27. The highest BCUT2D eigenvalue weighted by Gasteiger charge is 2.38. The minimum absolute atomic E-state index is 0.0572. The van der Waals surface area contributed by atoms with Crippen LogP contribution in [0.25, 0.3) is 10.2 Å². The number of sulfonamides is 1. The molecule has 7 nitrogen and oxygen atoms in total. The second-order valence-electron chi connectivity index (χ2n) is 7.40. The number of amides is 1. The molecule has 3 aromatic rings. The molecule has 1 fully saturated rings. The summed E-state index contributed by atoms with van der Waals surface area (Å²) in [6.45, 7) is 0.582. The van der Waals surface area contributed by atoms with Crippen LogP contribution in [0.5, 0.6) is 0 Å². The Balaban J connectivity index is 1.76. The van der Waals surface area contributed by atoms with Gasteiger partial charge >= 0.3 is 0 Å². The lowest BCUT2D eigenvalue weighted by Crippen LogP contribution is -2.47. The van der Waals surface area contributed by atoms with Gasteiger partial charge in [0, 0.05) is 26.3 Å². The number of carbonyl (C=O) groups excluding carboxylic acids is 1. The maximum Gasteiger partial charge on any atom is 0.266 e. The standard InChI is InChI=1S/C20H20ClF2N3O4S3/c1-30-9-8-25-18-13(23)10-12(22)11-15(18)31-20(25)24-19(27)14-4-2-3-7-26(14)33(28,29)17-6-5-16(21)32-17/h5-6,10-11,14H,2-4,7-9H2,1H3. The van der Waals surface area contributed by atoms with Gasteiger partial charge in [-0.25, -0.2) is 17.2 Å². The SMILES string of the molecule is COCCn1c(=NC(=O)C2CCCCN2S(=O)(=O)c2ccc(Cl)s2)sc2cc(F)cc(F)c21. The molecule has 1 aliphatic heterocycles. The molecule has 1 aromatic carbocycles. The third kappa shape index (κ3) is 4.91. The normalized spacial score (nSPS) is 18.3. The van der Waals surface area contributed by atoms with Crippen molar-refractivity contribution in [2.75, 3.05) is 20.3 Å². The lowest BCUT2D eigenvalue weighted by molar-refractivity contribution is -0.122. The van der Waals surface area contributed by atoms with Crippen LogP contribution in [0.3, 0.4) is 0 Å². The van der Waals surface area contributed by atoms with Crippen LogP contribution in [0.4, 0.5) is 8.78 Å². The van der Waals surface area contributed by atoms with Crippen molar-refractivity contribution in [3.63, 3.8) is 0 Å². The molecule has 0 N–H and O–H groups in total. The number of thiophene rings is 1. The first kappa shape index (κ1) is 24.4. The molecule has 178 valence electrons. The van der Waals surface area contributed by atoms with E-state index in [1.54, 1.807) is 0 Å². The summed E-state index contributed by atoms with van der Waals surface area (Å²) in [7, 11) is -2.45. The van der Waals surface area contributed by atoms with E-state index in [0.717, 1.165) is 33.0 Å². The van der Waals surface area contributed by atoms with E-state index in [1.165, 1.54) is 29.9 Å². The molecule has 0 aliphatic carbocycles. The topological polar surface area (TPSA) is 81.0 Å². The van der Waals surface area contributed by atoms with Gasteiger partial charge < -0.3 is 9.30 Å². The lowest BCUT2D eigenvalue weighted by Gasteiger charge is -2.31. The average molecular weight is 536 g/mol. The molecule has 0 bridgehead atoms. The van der Waals surface area contributed by atoms with Gasteiger partial charge in [-0.3, -0.25) is 4.79 Å².